The SMILES string of the molecule is O=C(CCCCCOc1n[nH]c(=O)c(Cl)c1NCc1cccnc1)N1CCCCC1. The van der Waals surface area contributed by atoms with Gasteiger partial charge in [-0.2, -0.15) is 0 Å². The number of aromatic amines is 1. The molecule has 0 unspecified atom stereocenters. The lowest BCUT2D eigenvalue weighted by Gasteiger charge is -2.26. The van der Waals surface area contributed by atoms with Crippen molar-refractivity contribution in [3.8, 4) is 5.88 Å². The van der Waals surface area contributed by atoms with Gasteiger partial charge in [0.15, 0.2) is 0 Å². The van der Waals surface area contributed by atoms with E-state index in [2.05, 4.69) is 20.5 Å². The van der Waals surface area contributed by atoms with Gasteiger partial charge in [0.25, 0.3) is 11.4 Å². The number of carbonyl (C=O) groups is 1. The van der Waals surface area contributed by atoms with Gasteiger partial charge in [-0.05, 0) is 50.2 Å². The van der Waals surface area contributed by atoms with Crippen LogP contribution in [0.4, 0.5) is 5.69 Å². The number of anilines is 1. The highest BCUT2D eigenvalue weighted by Gasteiger charge is 2.16. The molecule has 0 spiro atoms. The predicted octanol–water partition coefficient (Wildman–Crippen LogP) is 3.38. The molecule has 1 amide bonds. The average Bonchev–Trinajstić information content (AvgIpc) is 2.79. The van der Waals surface area contributed by atoms with E-state index in [1.165, 1.54) is 6.42 Å². The third-order valence-electron chi connectivity index (χ3n) is 5.07. The number of halogens is 1. The summed E-state index contributed by atoms with van der Waals surface area (Å²) in [5.41, 5.74) is 0.830. The topological polar surface area (TPSA) is 100 Å². The Kier molecular flexibility index (Phi) is 8.50. The third kappa shape index (κ3) is 6.45. The average molecular weight is 434 g/mol. The van der Waals surface area contributed by atoms with E-state index in [1.54, 1.807) is 12.4 Å². The molecule has 8 nitrogen and oxygen atoms in total. The van der Waals surface area contributed by atoms with Crippen molar-refractivity contribution >= 4 is 23.2 Å². The number of hydrogen-bond acceptors (Lipinski definition) is 6. The minimum Gasteiger partial charge on any atom is -0.475 e. The number of nitrogens with one attached hydrogen (secondary N) is 2. The van der Waals surface area contributed by atoms with E-state index < -0.39 is 5.56 Å². The number of hydrogen-bond donors (Lipinski definition) is 2. The molecule has 3 heterocycles. The lowest BCUT2D eigenvalue weighted by Crippen LogP contribution is -2.35. The molecule has 2 aromatic rings. The molecule has 0 aromatic carbocycles. The Morgan fingerprint density at radius 3 is 2.83 bits per heavy atom. The first-order valence-corrected chi connectivity index (χ1v) is 10.8. The molecule has 1 fully saturated rings. The van der Waals surface area contributed by atoms with Crippen molar-refractivity contribution < 1.29 is 9.53 Å². The Morgan fingerprint density at radius 1 is 1.23 bits per heavy atom. The van der Waals surface area contributed by atoms with Gasteiger partial charge in [-0.1, -0.05) is 17.7 Å². The lowest BCUT2D eigenvalue weighted by atomic mass is 10.1. The number of piperidine rings is 1. The molecule has 9 heteroatoms. The van der Waals surface area contributed by atoms with E-state index in [9.17, 15) is 9.59 Å². The maximum atomic E-state index is 12.2. The summed E-state index contributed by atoms with van der Waals surface area (Å²) in [4.78, 5) is 30.0. The molecule has 0 saturated carbocycles. The van der Waals surface area contributed by atoms with Crippen molar-refractivity contribution in [3.05, 3.63) is 45.5 Å². The van der Waals surface area contributed by atoms with Crippen LogP contribution < -0.4 is 15.6 Å². The van der Waals surface area contributed by atoms with E-state index in [-0.39, 0.29) is 16.8 Å². The van der Waals surface area contributed by atoms with Crippen molar-refractivity contribution in [1.82, 2.24) is 20.1 Å². The minimum absolute atomic E-state index is 0.0102. The molecule has 0 aliphatic carbocycles. The van der Waals surface area contributed by atoms with Gasteiger partial charge >= 0.3 is 0 Å². The van der Waals surface area contributed by atoms with Gasteiger partial charge < -0.3 is 15.0 Å². The lowest BCUT2D eigenvalue weighted by molar-refractivity contribution is -0.132. The molecule has 0 bridgehead atoms. The fourth-order valence-corrected chi connectivity index (χ4v) is 3.58. The molecule has 1 aliphatic rings. The summed E-state index contributed by atoms with van der Waals surface area (Å²) in [7, 11) is 0. The van der Waals surface area contributed by atoms with Gasteiger partial charge in [0.05, 0.1) is 6.61 Å². The van der Waals surface area contributed by atoms with Crippen LogP contribution in [0.1, 0.15) is 50.5 Å². The zero-order valence-electron chi connectivity index (χ0n) is 17.0. The summed E-state index contributed by atoms with van der Waals surface area (Å²) >= 11 is 6.15. The van der Waals surface area contributed by atoms with Crippen molar-refractivity contribution in [1.29, 1.82) is 0 Å². The monoisotopic (exact) mass is 433 g/mol. The third-order valence-corrected chi connectivity index (χ3v) is 5.43. The van der Waals surface area contributed by atoms with Gasteiger partial charge in [0.1, 0.15) is 10.7 Å². The van der Waals surface area contributed by atoms with Crippen LogP contribution in [0.2, 0.25) is 5.02 Å². The van der Waals surface area contributed by atoms with Crippen LogP contribution >= 0.6 is 11.6 Å². The normalized spacial score (nSPS) is 13.8. The number of carbonyl (C=O) groups excluding carboxylic acids is 1. The first-order chi connectivity index (χ1) is 14.6. The summed E-state index contributed by atoms with van der Waals surface area (Å²) in [6.45, 7) is 2.66. The number of aromatic nitrogens is 3. The molecule has 1 saturated heterocycles. The molecule has 1 aliphatic heterocycles. The van der Waals surface area contributed by atoms with E-state index in [0.717, 1.165) is 50.8 Å². The molecule has 2 aromatic heterocycles. The van der Waals surface area contributed by atoms with Crippen LogP contribution in [0.15, 0.2) is 29.3 Å². The van der Waals surface area contributed by atoms with Crippen molar-refractivity contribution in [3.63, 3.8) is 0 Å². The van der Waals surface area contributed by atoms with Gasteiger partial charge in [-0.3, -0.25) is 14.6 Å². The van der Waals surface area contributed by atoms with Crippen LogP contribution in [-0.4, -0.2) is 45.7 Å². The van der Waals surface area contributed by atoms with Crippen LogP contribution in [0, 0.1) is 0 Å². The van der Waals surface area contributed by atoms with Gasteiger partial charge in [0, 0.05) is 38.4 Å². The summed E-state index contributed by atoms with van der Waals surface area (Å²) in [6, 6.07) is 3.75. The molecular weight excluding hydrogens is 406 g/mol. The summed E-state index contributed by atoms with van der Waals surface area (Å²) < 4.78 is 5.75. The maximum Gasteiger partial charge on any atom is 0.285 e. The van der Waals surface area contributed by atoms with Crippen LogP contribution in [0.5, 0.6) is 5.88 Å². The van der Waals surface area contributed by atoms with E-state index in [4.69, 9.17) is 16.3 Å². The second kappa shape index (κ2) is 11.5. The Hall–Kier alpha value is -2.61. The first-order valence-electron chi connectivity index (χ1n) is 10.5. The Morgan fingerprint density at radius 2 is 2.07 bits per heavy atom. The fraction of sp³-hybridized carbons (Fsp3) is 0.524. The van der Waals surface area contributed by atoms with Crippen LogP contribution in [0.25, 0.3) is 0 Å². The van der Waals surface area contributed by atoms with Crippen molar-refractivity contribution in [2.24, 2.45) is 0 Å². The number of amides is 1. The van der Waals surface area contributed by atoms with E-state index >= 15 is 0 Å². The minimum atomic E-state index is -0.478. The molecule has 0 atom stereocenters. The van der Waals surface area contributed by atoms with E-state index in [1.807, 2.05) is 17.0 Å². The summed E-state index contributed by atoms with van der Waals surface area (Å²) in [5.74, 6) is 0.513. The molecular formula is C21H28ClN5O3. The predicted molar refractivity (Wildman–Crippen MR) is 116 cm³/mol. The van der Waals surface area contributed by atoms with Crippen molar-refractivity contribution in [2.45, 2.75) is 51.5 Å². The Bertz CT molecular complexity index is 869. The second-order valence-electron chi connectivity index (χ2n) is 7.36. The summed E-state index contributed by atoms with van der Waals surface area (Å²) in [6.07, 6.45) is 9.97. The highest BCUT2D eigenvalue weighted by molar-refractivity contribution is 6.33. The van der Waals surface area contributed by atoms with Gasteiger partial charge in [-0.25, -0.2) is 5.10 Å². The zero-order valence-corrected chi connectivity index (χ0v) is 17.8. The number of likely N-dealkylation sites (tertiary alicyclic amines) is 1. The smallest absolute Gasteiger partial charge is 0.285 e. The second-order valence-corrected chi connectivity index (χ2v) is 7.74. The number of ether oxygens (including phenoxy) is 1. The summed E-state index contributed by atoms with van der Waals surface area (Å²) in [5, 5.41) is 9.44. The molecule has 2 N–H and O–H groups in total. The van der Waals surface area contributed by atoms with Crippen LogP contribution in [-0.2, 0) is 11.3 Å². The molecule has 0 radical (unpaired) electrons. The first kappa shape index (κ1) is 22.1. The van der Waals surface area contributed by atoms with Gasteiger partial charge in [0.2, 0.25) is 5.91 Å². The van der Waals surface area contributed by atoms with Crippen molar-refractivity contribution in [2.75, 3.05) is 25.0 Å². The number of rotatable bonds is 10. The van der Waals surface area contributed by atoms with Crippen LogP contribution in [0.3, 0.4) is 0 Å². The van der Waals surface area contributed by atoms with E-state index in [0.29, 0.717) is 25.3 Å². The zero-order chi connectivity index (χ0) is 21.2. The maximum absolute atomic E-state index is 12.2. The Balaban J connectivity index is 1.43. The quantitative estimate of drug-likeness (QED) is 0.557. The molecule has 162 valence electrons. The highest BCUT2D eigenvalue weighted by Crippen LogP contribution is 2.27. The number of H-pyrrole nitrogens is 1. The largest absolute Gasteiger partial charge is 0.475 e. The number of nitrogens with zero attached hydrogens (tertiary/aromatic N) is 3. The standard InChI is InChI=1S/C21H28ClN5O3/c22-18-19(24-15-16-8-7-10-23-14-16)21(26-25-20(18)29)30-13-6-1-3-9-17(28)27-11-4-2-5-12-27/h7-8,10,14H,1-6,9,11-13,15H2,(H2,24,25,29). The molecule has 3 rings (SSSR count). The number of pyridine rings is 1. The van der Waals surface area contributed by atoms with Gasteiger partial charge in [-0.15, -0.1) is 5.10 Å². The Labute approximate surface area is 181 Å². The fourth-order valence-electron chi connectivity index (χ4n) is 3.39. The molecule has 30 heavy (non-hydrogen) atoms. The highest BCUT2D eigenvalue weighted by atomic mass is 35.5. The number of unbranched alkanes of at least 4 members (excludes halogenated alkanes) is 2.